The molecule has 0 N–H and O–H groups in total. The predicted molar refractivity (Wildman–Crippen MR) is 158 cm³/mol. The van der Waals surface area contributed by atoms with Crippen molar-refractivity contribution in [3.05, 3.63) is 107 Å². The van der Waals surface area contributed by atoms with Crippen LogP contribution in [0.1, 0.15) is 34.1 Å². The smallest absolute Gasteiger partial charge is 0.339 e. The number of allylic oxidation sites excluding steroid dienone is 2. The number of Topliss-reactive ketones (excluding diaryl/α,β-unsaturated/α-hetero) is 1. The van der Waals surface area contributed by atoms with E-state index in [-0.39, 0.29) is 46.8 Å². The lowest BCUT2D eigenvalue weighted by atomic mass is 9.85. The van der Waals surface area contributed by atoms with Crippen molar-refractivity contribution in [3.8, 4) is 11.3 Å². The highest BCUT2D eigenvalue weighted by molar-refractivity contribution is 6.31. The zero-order chi connectivity index (χ0) is 29.1. The molecule has 3 aliphatic rings. The van der Waals surface area contributed by atoms with Gasteiger partial charge in [0, 0.05) is 21.5 Å². The van der Waals surface area contributed by atoms with Gasteiger partial charge in [0.1, 0.15) is 0 Å². The maximum Gasteiger partial charge on any atom is 0.339 e. The topological polar surface area (TPSA) is 93.6 Å². The van der Waals surface area contributed by atoms with Crippen LogP contribution in [0.15, 0.2) is 91.0 Å². The first-order valence-electron chi connectivity index (χ1n) is 13.9. The molecule has 5 atom stereocenters. The molecule has 2 amide bonds. The van der Waals surface area contributed by atoms with Crippen LogP contribution in [0, 0.1) is 23.7 Å². The van der Waals surface area contributed by atoms with Gasteiger partial charge in [-0.15, -0.1) is 0 Å². The number of carbonyl (C=O) groups excluding carboxylic acids is 4. The van der Waals surface area contributed by atoms with Crippen LogP contribution in [0.5, 0.6) is 0 Å². The standard InChI is InChI=1S/C34H25ClN2O5/c1-18(31(38)22-5-4-6-23(35)16-22)42-34(41)26-17-28(36-27-8-3-2-7-25(26)27)19-11-13-24(14-12-19)37-32(39)29-20-9-10-21(15-20)30(29)33(37)40/h2-14,16-18,20-21,29-30H,15H2,1H3. The number of hydrogen-bond acceptors (Lipinski definition) is 6. The molecule has 42 heavy (non-hydrogen) atoms. The number of rotatable bonds is 6. The Bertz CT molecular complexity index is 1800. The van der Waals surface area contributed by atoms with E-state index in [1.54, 1.807) is 66.7 Å². The van der Waals surface area contributed by atoms with E-state index in [1.807, 2.05) is 6.07 Å². The zero-order valence-corrected chi connectivity index (χ0v) is 23.3. The summed E-state index contributed by atoms with van der Waals surface area (Å²) in [6, 6.07) is 22.4. The molecule has 0 radical (unpaired) electrons. The number of esters is 1. The molecule has 3 aromatic carbocycles. The molecule has 4 aromatic rings. The minimum atomic E-state index is -1.04. The van der Waals surface area contributed by atoms with Crippen LogP contribution in [-0.2, 0) is 14.3 Å². The van der Waals surface area contributed by atoms with Gasteiger partial charge in [-0.1, -0.05) is 66.2 Å². The van der Waals surface area contributed by atoms with E-state index < -0.39 is 12.1 Å². The Morgan fingerprint density at radius 1 is 0.905 bits per heavy atom. The highest BCUT2D eigenvalue weighted by Gasteiger charge is 2.59. The van der Waals surface area contributed by atoms with Crippen LogP contribution < -0.4 is 4.90 Å². The summed E-state index contributed by atoms with van der Waals surface area (Å²) in [6.45, 7) is 1.53. The van der Waals surface area contributed by atoms with Gasteiger partial charge >= 0.3 is 5.97 Å². The number of para-hydroxylation sites is 1. The molecule has 2 fully saturated rings. The molecular weight excluding hydrogens is 552 g/mol. The fourth-order valence-corrected chi connectivity index (χ4v) is 6.77. The maximum absolute atomic E-state index is 13.4. The van der Waals surface area contributed by atoms with Crippen LogP contribution >= 0.6 is 11.6 Å². The lowest BCUT2D eigenvalue weighted by Gasteiger charge is -2.18. The second-order valence-electron chi connectivity index (χ2n) is 11.1. The molecule has 1 aromatic heterocycles. The summed E-state index contributed by atoms with van der Waals surface area (Å²) in [5.74, 6) is -1.54. The first-order chi connectivity index (χ1) is 20.3. The summed E-state index contributed by atoms with van der Waals surface area (Å²) in [5, 5.41) is 1.01. The highest BCUT2D eigenvalue weighted by Crippen LogP contribution is 2.53. The number of ether oxygens (including phenoxy) is 1. The van der Waals surface area contributed by atoms with Crippen molar-refractivity contribution < 1.29 is 23.9 Å². The molecule has 2 bridgehead atoms. The molecule has 2 heterocycles. The van der Waals surface area contributed by atoms with Crippen LogP contribution in [-0.4, -0.2) is 34.7 Å². The summed E-state index contributed by atoms with van der Waals surface area (Å²) >= 11 is 6.03. The van der Waals surface area contributed by atoms with Gasteiger partial charge < -0.3 is 4.74 Å². The molecule has 8 heteroatoms. The average Bonchev–Trinajstić information content (AvgIpc) is 3.69. The van der Waals surface area contributed by atoms with Gasteiger partial charge in [0.15, 0.2) is 6.10 Å². The first-order valence-corrected chi connectivity index (χ1v) is 14.2. The molecule has 208 valence electrons. The number of fused-ring (bicyclic) bond motifs is 6. The Labute approximate surface area is 246 Å². The van der Waals surface area contributed by atoms with Gasteiger partial charge in [-0.05, 0) is 61.6 Å². The van der Waals surface area contributed by atoms with E-state index in [2.05, 4.69) is 12.2 Å². The lowest BCUT2D eigenvalue weighted by Crippen LogP contribution is -2.32. The van der Waals surface area contributed by atoms with Gasteiger partial charge in [-0.25, -0.2) is 9.78 Å². The van der Waals surface area contributed by atoms with E-state index in [0.29, 0.717) is 38.4 Å². The number of nitrogens with zero attached hydrogens (tertiary/aromatic N) is 2. The SMILES string of the molecule is CC(OC(=O)c1cc(-c2ccc(N3C(=O)C4C5C=CC(C5)C4C3=O)cc2)nc2ccccc12)C(=O)c1cccc(Cl)c1. The van der Waals surface area contributed by atoms with Crippen LogP contribution in [0.4, 0.5) is 5.69 Å². The summed E-state index contributed by atoms with van der Waals surface area (Å²) in [6.07, 6.45) is 3.99. The third-order valence-electron chi connectivity index (χ3n) is 8.59. The van der Waals surface area contributed by atoms with Crippen molar-refractivity contribution in [3.63, 3.8) is 0 Å². The van der Waals surface area contributed by atoms with Crippen LogP contribution in [0.2, 0.25) is 5.02 Å². The molecule has 0 spiro atoms. The minimum Gasteiger partial charge on any atom is -0.451 e. The number of ketones is 1. The Hall–Kier alpha value is -4.62. The van der Waals surface area contributed by atoms with Gasteiger partial charge in [-0.3, -0.25) is 19.3 Å². The fraction of sp³-hybridized carbons (Fsp3) is 0.206. The fourth-order valence-electron chi connectivity index (χ4n) is 6.58. The number of amides is 2. The molecule has 7 rings (SSSR count). The van der Waals surface area contributed by atoms with Crippen LogP contribution in [0.25, 0.3) is 22.2 Å². The number of benzene rings is 3. The zero-order valence-electron chi connectivity index (χ0n) is 22.6. The highest BCUT2D eigenvalue weighted by atomic mass is 35.5. The van der Waals surface area contributed by atoms with Gasteiger partial charge in [0.05, 0.1) is 34.3 Å². The van der Waals surface area contributed by atoms with Crippen LogP contribution in [0.3, 0.4) is 0 Å². The first kappa shape index (κ1) is 26.3. The largest absolute Gasteiger partial charge is 0.451 e. The second kappa shape index (κ2) is 10.0. The van der Waals surface area contributed by atoms with Gasteiger partial charge in [-0.2, -0.15) is 0 Å². The molecular formula is C34H25ClN2O5. The van der Waals surface area contributed by atoms with Crippen molar-refractivity contribution in [1.82, 2.24) is 4.98 Å². The number of anilines is 1. The number of imide groups is 1. The second-order valence-corrected chi connectivity index (χ2v) is 11.5. The molecule has 7 nitrogen and oxygen atoms in total. The molecule has 1 aliphatic heterocycles. The number of halogens is 1. The summed E-state index contributed by atoms with van der Waals surface area (Å²) in [7, 11) is 0. The average molecular weight is 577 g/mol. The van der Waals surface area contributed by atoms with Crippen molar-refractivity contribution in [2.75, 3.05) is 4.90 Å². The summed E-state index contributed by atoms with van der Waals surface area (Å²) in [4.78, 5) is 58.8. The van der Waals surface area contributed by atoms with E-state index in [0.717, 1.165) is 6.42 Å². The van der Waals surface area contributed by atoms with Crippen molar-refractivity contribution in [2.24, 2.45) is 23.7 Å². The third kappa shape index (κ3) is 4.23. The molecule has 2 aliphatic carbocycles. The summed E-state index contributed by atoms with van der Waals surface area (Å²) < 4.78 is 5.61. The van der Waals surface area contributed by atoms with E-state index in [1.165, 1.54) is 17.9 Å². The van der Waals surface area contributed by atoms with E-state index >= 15 is 0 Å². The Morgan fingerprint density at radius 3 is 2.29 bits per heavy atom. The minimum absolute atomic E-state index is 0.134. The normalized spacial score (nSPS) is 23.0. The monoisotopic (exact) mass is 576 g/mol. The van der Waals surface area contributed by atoms with Crippen molar-refractivity contribution in [1.29, 1.82) is 0 Å². The summed E-state index contributed by atoms with van der Waals surface area (Å²) in [5.41, 5.74) is 2.94. The van der Waals surface area contributed by atoms with Gasteiger partial charge in [0.25, 0.3) is 0 Å². The quantitative estimate of drug-likeness (QED) is 0.116. The molecule has 5 unspecified atom stereocenters. The van der Waals surface area contributed by atoms with Gasteiger partial charge in [0.2, 0.25) is 17.6 Å². The number of aromatic nitrogens is 1. The Balaban J connectivity index is 1.17. The Kier molecular flexibility index (Phi) is 6.28. The molecule has 1 saturated carbocycles. The predicted octanol–water partition coefficient (Wildman–Crippen LogP) is 6.29. The third-order valence-corrected chi connectivity index (χ3v) is 8.82. The number of pyridine rings is 1. The lowest BCUT2D eigenvalue weighted by molar-refractivity contribution is -0.123. The Morgan fingerprint density at radius 2 is 1.60 bits per heavy atom. The van der Waals surface area contributed by atoms with Crippen molar-refractivity contribution >= 4 is 51.8 Å². The number of hydrogen-bond donors (Lipinski definition) is 0. The molecule has 1 saturated heterocycles. The maximum atomic E-state index is 13.4. The van der Waals surface area contributed by atoms with Crippen molar-refractivity contribution in [2.45, 2.75) is 19.4 Å². The number of carbonyl (C=O) groups is 4. The van der Waals surface area contributed by atoms with E-state index in [4.69, 9.17) is 21.3 Å². The van der Waals surface area contributed by atoms with E-state index in [9.17, 15) is 19.2 Å².